The molecule has 0 N–H and O–H groups in total. The first kappa shape index (κ1) is 25.3. The largest absolute Gasteiger partial charge is 0.490 e. The number of nitro benzene ring substituents is 1. The first-order valence-electron chi connectivity index (χ1n) is 10.6. The van der Waals surface area contributed by atoms with Crippen molar-refractivity contribution in [2.75, 3.05) is 6.61 Å². The summed E-state index contributed by atoms with van der Waals surface area (Å²) in [5.74, 6) is -0.545. The lowest BCUT2D eigenvalue weighted by molar-refractivity contribution is -0.384. The van der Waals surface area contributed by atoms with Gasteiger partial charge in [0.05, 0.1) is 26.6 Å². The smallest absolute Gasteiger partial charge is 0.363 e. The number of hydrogen-bond donors (Lipinski definition) is 0. The number of carbonyl (C=O) groups excluding carboxylic acids is 1. The second kappa shape index (κ2) is 10.9. The van der Waals surface area contributed by atoms with Crippen LogP contribution < -0.4 is 9.47 Å². The van der Waals surface area contributed by atoms with E-state index in [0.717, 1.165) is 0 Å². The van der Waals surface area contributed by atoms with Crippen LogP contribution in [-0.4, -0.2) is 23.4 Å². The third-order valence-electron chi connectivity index (χ3n) is 4.98. The maximum Gasteiger partial charge on any atom is 0.363 e. The fraction of sp³-hybridized carbons (Fsp3) is 0.120. The maximum absolute atomic E-state index is 14.0. The summed E-state index contributed by atoms with van der Waals surface area (Å²) in [5.41, 5.74) is 0.776. The van der Waals surface area contributed by atoms with Gasteiger partial charge in [0.2, 0.25) is 5.90 Å². The Bertz CT molecular complexity index is 1430. The Morgan fingerprint density at radius 1 is 1.19 bits per heavy atom. The predicted octanol–water partition coefficient (Wildman–Crippen LogP) is 6.47. The summed E-state index contributed by atoms with van der Waals surface area (Å²) < 4.78 is 31.2. The lowest BCUT2D eigenvalue weighted by Gasteiger charge is -2.15. The molecule has 36 heavy (non-hydrogen) atoms. The number of carbonyl (C=O) groups is 1. The monoisotopic (exact) mass is 574 g/mol. The molecule has 0 aliphatic carbocycles. The number of non-ortho nitro benzene ring substituents is 1. The summed E-state index contributed by atoms with van der Waals surface area (Å²) in [6.07, 6.45) is 1.47. The van der Waals surface area contributed by atoms with E-state index in [0.29, 0.717) is 33.7 Å². The highest BCUT2D eigenvalue weighted by Crippen LogP contribution is 2.38. The van der Waals surface area contributed by atoms with E-state index >= 15 is 0 Å². The van der Waals surface area contributed by atoms with E-state index in [1.165, 1.54) is 30.3 Å². The van der Waals surface area contributed by atoms with Crippen molar-refractivity contribution in [3.8, 4) is 11.5 Å². The Kier molecular flexibility index (Phi) is 7.66. The van der Waals surface area contributed by atoms with Crippen LogP contribution >= 0.6 is 27.5 Å². The molecule has 0 saturated carbocycles. The molecule has 0 unspecified atom stereocenters. The van der Waals surface area contributed by atoms with Crippen molar-refractivity contribution in [1.29, 1.82) is 0 Å². The molecule has 0 fully saturated rings. The fourth-order valence-electron chi connectivity index (χ4n) is 3.31. The molecule has 11 heteroatoms. The molecule has 3 aromatic carbocycles. The number of cyclic esters (lactones) is 1. The molecule has 0 bridgehead atoms. The van der Waals surface area contributed by atoms with Gasteiger partial charge in [-0.05, 0) is 58.8 Å². The zero-order valence-corrected chi connectivity index (χ0v) is 21.0. The summed E-state index contributed by atoms with van der Waals surface area (Å²) in [4.78, 5) is 27.1. The standard InChI is InChI=1S/C25H17BrClFN2O6/c1-2-34-22-11-14(9-18(26)23(22)35-13-15-5-3-4-6-20(15)28)10-21-25(31)36-24(29-21)17-12-16(30(32)33)7-8-19(17)27/h3-12H,2,13H2,1H3/b21-10-. The minimum atomic E-state index is -0.749. The van der Waals surface area contributed by atoms with E-state index in [1.54, 1.807) is 37.3 Å². The highest BCUT2D eigenvalue weighted by molar-refractivity contribution is 9.10. The molecule has 0 radical (unpaired) electrons. The average Bonchev–Trinajstić information content (AvgIpc) is 3.19. The van der Waals surface area contributed by atoms with Crippen molar-refractivity contribution < 1.29 is 28.3 Å². The first-order valence-corrected chi connectivity index (χ1v) is 11.7. The molecular weight excluding hydrogens is 559 g/mol. The molecule has 184 valence electrons. The SMILES string of the molecule is CCOc1cc(/C=C2\N=C(c3cc([N+](=O)[O-])ccc3Cl)OC2=O)cc(Br)c1OCc1ccccc1F. The molecule has 4 rings (SSSR count). The number of hydrogen-bond acceptors (Lipinski definition) is 7. The number of benzene rings is 3. The summed E-state index contributed by atoms with van der Waals surface area (Å²) in [6.45, 7) is 2.11. The van der Waals surface area contributed by atoms with Crippen LogP contribution in [0.4, 0.5) is 10.1 Å². The Morgan fingerprint density at radius 2 is 1.97 bits per heavy atom. The van der Waals surface area contributed by atoms with Crippen LogP contribution in [0.5, 0.6) is 11.5 Å². The molecule has 8 nitrogen and oxygen atoms in total. The molecular formula is C25H17BrClFN2O6. The van der Waals surface area contributed by atoms with Crippen molar-refractivity contribution >= 4 is 51.2 Å². The minimum absolute atomic E-state index is 0.0181. The summed E-state index contributed by atoms with van der Waals surface area (Å²) >= 11 is 9.58. The third kappa shape index (κ3) is 5.55. The van der Waals surface area contributed by atoms with Gasteiger partial charge in [0, 0.05) is 17.7 Å². The molecule has 3 aromatic rings. The number of nitrogens with zero attached hydrogens (tertiary/aromatic N) is 2. The van der Waals surface area contributed by atoms with Crippen molar-refractivity contribution in [3.63, 3.8) is 0 Å². The van der Waals surface area contributed by atoms with Crippen LogP contribution in [-0.2, 0) is 16.1 Å². The Labute approximate surface area is 218 Å². The third-order valence-corrected chi connectivity index (χ3v) is 5.90. The second-order valence-electron chi connectivity index (χ2n) is 7.40. The van der Waals surface area contributed by atoms with E-state index in [-0.39, 0.29) is 40.3 Å². The summed E-state index contributed by atoms with van der Waals surface area (Å²) in [6, 6.07) is 13.3. The molecule has 1 aliphatic heterocycles. The number of ether oxygens (including phenoxy) is 3. The molecule has 0 saturated heterocycles. The van der Waals surface area contributed by atoms with E-state index < -0.39 is 10.9 Å². The summed E-state index contributed by atoms with van der Waals surface area (Å²) in [5, 5.41) is 11.2. The molecule has 0 atom stereocenters. The van der Waals surface area contributed by atoms with Crippen molar-refractivity contribution in [3.05, 3.63) is 102 Å². The lowest BCUT2D eigenvalue weighted by Crippen LogP contribution is -2.06. The molecule has 1 heterocycles. The van der Waals surface area contributed by atoms with Gasteiger partial charge in [-0.15, -0.1) is 0 Å². The van der Waals surface area contributed by atoms with Crippen LogP contribution in [0.15, 0.2) is 69.8 Å². The van der Waals surface area contributed by atoms with E-state index in [1.807, 2.05) is 0 Å². The zero-order chi connectivity index (χ0) is 25.8. The second-order valence-corrected chi connectivity index (χ2v) is 8.66. The van der Waals surface area contributed by atoms with Crippen LogP contribution in [0.1, 0.15) is 23.6 Å². The number of nitro groups is 1. The van der Waals surface area contributed by atoms with Gasteiger partial charge in [0.15, 0.2) is 17.2 Å². The summed E-state index contributed by atoms with van der Waals surface area (Å²) in [7, 11) is 0. The van der Waals surface area contributed by atoms with Crippen LogP contribution in [0, 0.1) is 15.9 Å². The van der Waals surface area contributed by atoms with Crippen LogP contribution in [0.3, 0.4) is 0 Å². The normalized spacial score (nSPS) is 13.9. The van der Waals surface area contributed by atoms with Gasteiger partial charge in [0.1, 0.15) is 12.4 Å². The maximum atomic E-state index is 14.0. The van der Waals surface area contributed by atoms with Gasteiger partial charge in [0.25, 0.3) is 5.69 Å². The van der Waals surface area contributed by atoms with Gasteiger partial charge < -0.3 is 14.2 Å². The topological polar surface area (TPSA) is 100 Å². The minimum Gasteiger partial charge on any atom is -0.490 e. The fourth-order valence-corrected chi connectivity index (χ4v) is 4.09. The van der Waals surface area contributed by atoms with Gasteiger partial charge in [-0.3, -0.25) is 10.1 Å². The lowest BCUT2D eigenvalue weighted by atomic mass is 10.1. The zero-order valence-electron chi connectivity index (χ0n) is 18.7. The van der Waals surface area contributed by atoms with Crippen molar-refractivity contribution in [2.45, 2.75) is 13.5 Å². The average molecular weight is 576 g/mol. The highest BCUT2D eigenvalue weighted by atomic mass is 79.9. The molecule has 0 spiro atoms. The van der Waals surface area contributed by atoms with Crippen molar-refractivity contribution in [2.24, 2.45) is 4.99 Å². The van der Waals surface area contributed by atoms with E-state index in [2.05, 4.69) is 20.9 Å². The van der Waals surface area contributed by atoms with Crippen molar-refractivity contribution in [1.82, 2.24) is 0 Å². The number of esters is 1. The molecule has 0 amide bonds. The van der Waals surface area contributed by atoms with Gasteiger partial charge >= 0.3 is 5.97 Å². The van der Waals surface area contributed by atoms with E-state index in [9.17, 15) is 19.3 Å². The quantitative estimate of drug-likeness (QED) is 0.132. The van der Waals surface area contributed by atoms with Crippen LogP contribution in [0.2, 0.25) is 5.02 Å². The van der Waals surface area contributed by atoms with Gasteiger partial charge in [-0.2, -0.15) is 0 Å². The highest BCUT2D eigenvalue weighted by Gasteiger charge is 2.27. The Balaban J connectivity index is 1.65. The van der Waals surface area contributed by atoms with Crippen LogP contribution in [0.25, 0.3) is 6.08 Å². The van der Waals surface area contributed by atoms with Gasteiger partial charge in [-0.1, -0.05) is 29.8 Å². The number of halogens is 3. The van der Waals surface area contributed by atoms with E-state index in [4.69, 9.17) is 25.8 Å². The van der Waals surface area contributed by atoms with Gasteiger partial charge in [-0.25, -0.2) is 14.2 Å². The number of rotatable bonds is 8. The first-order chi connectivity index (χ1) is 17.3. The predicted molar refractivity (Wildman–Crippen MR) is 135 cm³/mol. The Morgan fingerprint density at radius 3 is 2.69 bits per heavy atom. The number of aliphatic imine (C=N–C) groups is 1. The molecule has 0 aromatic heterocycles. The Hall–Kier alpha value is -3.76. The molecule has 1 aliphatic rings.